The predicted molar refractivity (Wildman–Crippen MR) is 290 cm³/mol. The normalized spacial score (nSPS) is 24.2. The molecule has 78 heavy (non-hydrogen) atoms. The van der Waals surface area contributed by atoms with Gasteiger partial charge < -0.3 is 64.7 Å². The molecule has 2 aromatic carbocycles. The van der Waals surface area contributed by atoms with Gasteiger partial charge in [-0.05, 0) is 80.5 Å². The van der Waals surface area contributed by atoms with Crippen LogP contribution in [-0.2, 0) is 14.3 Å². The van der Waals surface area contributed by atoms with E-state index in [0.717, 1.165) is 68.6 Å². The van der Waals surface area contributed by atoms with E-state index in [1.807, 2.05) is 55.0 Å². The minimum absolute atomic E-state index is 0.0185. The first-order valence-corrected chi connectivity index (χ1v) is 27.5. The molecule has 4 amide bonds. The van der Waals surface area contributed by atoms with Crippen LogP contribution in [0.1, 0.15) is 94.6 Å². The lowest BCUT2D eigenvalue weighted by atomic mass is 9.91. The number of amides is 4. The predicted octanol–water partition coefficient (Wildman–Crippen LogP) is 5.46. The lowest BCUT2D eigenvalue weighted by Gasteiger charge is -2.43. The van der Waals surface area contributed by atoms with Gasteiger partial charge in [-0.3, -0.25) is 9.59 Å². The molecule has 21 nitrogen and oxygen atoms in total. The average molecular weight is 1060 g/mol. The van der Waals surface area contributed by atoms with Gasteiger partial charge in [0.2, 0.25) is 17.7 Å². The van der Waals surface area contributed by atoms with Crippen molar-refractivity contribution < 1.29 is 38.6 Å². The number of carbonyl (C=O) groups excluding carboxylic acids is 3. The van der Waals surface area contributed by atoms with Crippen molar-refractivity contribution >= 4 is 40.9 Å². The van der Waals surface area contributed by atoms with Crippen LogP contribution >= 0.6 is 0 Å². The lowest BCUT2D eigenvalue weighted by Crippen LogP contribution is -2.55. The molecule has 0 radical (unpaired) electrons. The number of pyridine rings is 1. The maximum Gasteiger partial charge on any atom is 0.320 e. The maximum absolute atomic E-state index is 14.3. The quantitative estimate of drug-likeness (QED) is 0.108. The summed E-state index contributed by atoms with van der Waals surface area (Å²) in [5.41, 5.74) is 10.9. The molecule has 1 saturated carbocycles. The Kier molecular flexibility index (Phi) is 15.0. The van der Waals surface area contributed by atoms with E-state index < -0.39 is 18.1 Å². The number of urea groups is 1. The third kappa shape index (κ3) is 10.9. The number of aromatic nitrogens is 4. The van der Waals surface area contributed by atoms with Gasteiger partial charge in [0, 0.05) is 120 Å². The second-order valence-corrected chi connectivity index (χ2v) is 22.1. The number of phenols is 1. The highest BCUT2D eigenvalue weighted by Crippen LogP contribution is 2.41. The number of aliphatic hydroxyl groups is 1. The topological polar surface area (TPSA) is 256 Å². The summed E-state index contributed by atoms with van der Waals surface area (Å²) in [5.74, 6) is 0.498. The second-order valence-electron chi connectivity index (χ2n) is 22.1. The number of aromatic hydroxyl groups is 1. The van der Waals surface area contributed by atoms with Gasteiger partial charge >= 0.3 is 6.03 Å². The summed E-state index contributed by atoms with van der Waals surface area (Å²) in [7, 11) is 0. The number of fused-ring (bicyclic) bond motifs is 2. The van der Waals surface area contributed by atoms with E-state index in [4.69, 9.17) is 25.0 Å². The number of benzene rings is 2. The number of piperazine rings is 2. The molecule has 21 heteroatoms. The Balaban J connectivity index is 0.609. The van der Waals surface area contributed by atoms with Crippen LogP contribution in [0.25, 0.3) is 11.3 Å². The van der Waals surface area contributed by atoms with Crippen molar-refractivity contribution in [3.63, 3.8) is 0 Å². The molecule has 0 spiro atoms. The van der Waals surface area contributed by atoms with Crippen LogP contribution in [0.15, 0.2) is 83.5 Å². The van der Waals surface area contributed by atoms with Gasteiger partial charge in [0.1, 0.15) is 23.8 Å². The van der Waals surface area contributed by atoms with Gasteiger partial charge in [-0.15, -0.1) is 10.2 Å². The molecule has 8 heterocycles. The fourth-order valence-electron chi connectivity index (χ4n) is 12.3. The van der Waals surface area contributed by atoms with Gasteiger partial charge in [0.25, 0.3) is 0 Å². The van der Waals surface area contributed by atoms with E-state index in [9.17, 15) is 24.6 Å². The smallest absolute Gasteiger partial charge is 0.320 e. The molecule has 6 fully saturated rings. The Hall–Kier alpha value is -7.70. The molecule has 410 valence electrons. The largest absolute Gasteiger partial charge is 0.507 e. The van der Waals surface area contributed by atoms with Crippen LogP contribution in [0.4, 0.5) is 27.8 Å². The number of para-hydroxylation sites is 1. The molecule has 5 aromatic rings. The Morgan fingerprint density at radius 1 is 0.821 bits per heavy atom. The number of hydrogen-bond acceptors (Lipinski definition) is 17. The summed E-state index contributed by atoms with van der Waals surface area (Å²) in [6.45, 7) is 10.6. The monoisotopic (exact) mass is 1060 g/mol. The van der Waals surface area contributed by atoms with Crippen LogP contribution in [0, 0.1) is 17.2 Å². The summed E-state index contributed by atoms with van der Waals surface area (Å²) < 4.78 is 18.8. The Morgan fingerprint density at radius 2 is 1.54 bits per heavy atom. The number of phenolic OH excluding ortho intramolecular Hbond substituents is 1. The van der Waals surface area contributed by atoms with Gasteiger partial charge in [0.15, 0.2) is 17.4 Å². The first kappa shape index (κ1) is 52.4. The molecule has 6 atom stereocenters. The first-order chi connectivity index (χ1) is 37.8. The number of piperidine rings is 1. The number of likely N-dealkylation sites (tertiary alicyclic amines) is 2. The van der Waals surface area contributed by atoms with Crippen LogP contribution in [0.2, 0.25) is 0 Å². The number of nitrogen functional groups attached to an aromatic ring is 1. The molecule has 3 aromatic heterocycles. The van der Waals surface area contributed by atoms with E-state index in [1.54, 1.807) is 42.5 Å². The summed E-state index contributed by atoms with van der Waals surface area (Å²) in [4.78, 5) is 58.4. The molecule has 5 saturated heterocycles. The number of carbonyl (C=O) groups is 3. The summed E-state index contributed by atoms with van der Waals surface area (Å²) >= 11 is 0. The molecule has 1 aliphatic carbocycles. The SMILES string of the molecule is CC(C)[C@@H](C(=O)N1C[C@H](O)C[C@H]1C(=O)N[C@@H](C)c1ccc(C#N)cc1)c1cc(N2CCN(C(=O)N3CCC(OC4CC(Oc5cc(N6C7CC[C@@H]6CN(c6cc(-c8ccccc8O)nnc6N)C7)ccn5)C4)CC3)CC2)no1. The summed E-state index contributed by atoms with van der Waals surface area (Å²) in [5, 5.41) is 46.2. The van der Waals surface area contributed by atoms with E-state index in [2.05, 4.69) is 58.6 Å². The van der Waals surface area contributed by atoms with Crippen molar-refractivity contribution in [2.45, 2.75) is 120 Å². The van der Waals surface area contributed by atoms with Crippen molar-refractivity contribution in [2.75, 3.05) is 79.3 Å². The highest BCUT2D eigenvalue weighted by Gasteiger charge is 2.45. The number of nitrogens with two attached hydrogens (primary N) is 1. The highest BCUT2D eigenvalue weighted by molar-refractivity contribution is 5.91. The van der Waals surface area contributed by atoms with Crippen LogP contribution in [0.3, 0.4) is 0 Å². The minimum Gasteiger partial charge on any atom is -0.507 e. The maximum atomic E-state index is 14.3. The zero-order valence-corrected chi connectivity index (χ0v) is 44.4. The number of nitrogens with zero attached hydrogens (tertiary/aromatic N) is 11. The van der Waals surface area contributed by atoms with Crippen molar-refractivity contribution in [3.8, 4) is 29.0 Å². The van der Waals surface area contributed by atoms with Crippen LogP contribution in [0.5, 0.6) is 11.6 Å². The second kappa shape index (κ2) is 22.3. The molecule has 1 unspecified atom stereocenters. The van der Waals surface area contributed by atoms with Crippen molar-refractivity contribution in [1.82, 2.24) is 40.4 Å². The molecule has 11 rings (SSSR count). The fourth-order valence-corrected chi connectivity index (χ4v) is 12.3. The molecule has 5 N–H and O–H groups in total. The Bertz CT molecular complexity index is 2990. The van der Waals surface area contributed by atoms with Crippen molar-refractivity contribution in [3.05, 3.63) is 95.9 Å². The third-order valence-electron chi connectivity index (χ3n) is 16.6. The van der Waals surface area contributed by atoms with E-state index in [-0.39, 0.29) is 78.9 Å². The molecule has 5 aliphatic heterocycles. The molecular weight excluding hydrogens is 995 g/mol. The standard InChI is InChI=1S/C57H69N13O8/c1-34(2)53(56(74)69-33-41(71)25-48(69)55(73)61-35(3)37-10-8-36(30-58)9-11-37)50-29-51(64-78-50)65-20-22-67(23-21-65)57(75)66-18-15-42(16-19-66)76-43-26-44(27-43)77-52-24-38(14-17-60-52)70-39-12-13-40(70)32-68(31-39)47-28-46(62-63-54(47)59)45-6-4-5-7-49(45)72/h4-11,14,17,24,28-29,34-35,39-44,48,53,71-72H,12-13,15-16,18-23,25-27,31-33H2,1-3H3,(H2,59,63)(H,61,73)/t35-,39+,40?,41+,43?,44?,48-,53+/m0/s1. The third-order valence-corrected chi connectivity index (χ3v) is 16.6. The number of ether oxygens (including phenoxy) is 2. The van der Waals surface area contributed by atoms with Gasteiger partial charge in [-0.2, -0.15) is 5.26 Å². The highest BCUT2D eigenvalue weighted by atomic mass is 16.5. The number of nitrogens with one attached hydrogen (secondary N) is 1. The molecule has 2 bridgehead atoms. The Labute approximate surface area is 453 Å². The fraction of sp³-hybridized carbons (Fsp3) is 0.509. The summed E-state index contributed by atoms with van der Waals surface area (Å²) in [6, 6.07) is 23.3. The zero-order chi connectivity index (χ0) is 54.2. The van der Waals surface area contributed by atoms with Gasteiger partial charge in [-0.25, -0.2) is 9.78 Å². The average Bonchev–Trinajstić information content (AvgIpc) is 4.31. The first-order valence-electron chi connectivity index (χ1n) is 27.5. The van der Waals surface area contributed by atoms with Crippen molar-refractivity contribution in [1.29, 1.82) is 5.26 Å². The van der Waals surface area contributed by atoms with Gasteiger partial charge in [-0.1, -0.05) is 43.3 Å². The number of rotatable bonds is 14. The Morgan fingerprint density at radius 3 is 2.24 bits per heavy atom. The number of hydrogen-bond donors (Lipinski definition) is 4. The van der Waals surface area contributed by atoms with E-state index >= 15 is 0 Å². The lowest BCUT2D eigenvalue weighted by molar-refractivity contribution is -0.141. The number of nitriles is 1. The van der Waals surface area contributed by atoms with Crippen LogP contribution in [-0.4, -0.2) is 165 Å². The summed E-state index contributed by atoms with van der Waals surface area (Å²) in [6.07, 6.45) is 6.51. The van der Waals surface area contributed by atoms with Crippen LogP contribution < -0.4 is 30.5 Å². The molecular formula is C57H69N13O8. The number of aliphatic hydroxyl groups excluding tert-OH is 1. The van der Waals surface area contributed by atoms with E-state index in [0.29, 0.717) is 79.4 Å². The minimum atomic E-state index is -0.865. The molecule has 6 aliphatic rings. The van der Waals surface area contributed by atoms with E-state index in [1.165, 1.54) is 4.90 Å². The van der Waals surface area contributed by atoms with Gasteiger partial charge in [0.05, 0.1) is 47.4 Å². The van der Waals surface area contributed by atoms with Crippen molar-refractivity contribution in [2.24, 2.45) is 5.92 Å². The zero-order valence-electron chi connectivity index (χ0n) is 44.4. The number of anilines is 4. The number of β-amino-alcohol motifs (C(OH)–C–C–N with tert-alkyl or cyclic N) is 1.